The summed E-state index contributed by atoms with van der Waals surface area (Å²) in [5.74, 6) is -0.719. The summed E-state index contributed by atoms with van der Waals surface area (Å²) in [7, 11) is 0. The zero-order valence-corrected chi connectivity index (χ0v) is 14.8. The Morgan fingerprint density at radius 1 is 1.31 bits per heavy atom. The standard InChI is InChI=1S/C19H22F2N2O3/c1-12-7-14-9-16(3-4-17(14)25-12)24-10-15-8-13(2)26-23(15)18-5-6-22-11-19(18,20)21/h3-4,7-9,15,18,22H,5-6,10-11H2,1-2H3. The van der Waals surface area contributed by atoms with Crippen LogP contribution in [0.5, 0.6) is 5.75 Å². The summed E-state index contributed by atoms with van der Waals surface area (Å²) >= 11 is 0. The molecule has 0 saturated carbocycles. The molecule has 2 aliphatic rings. The van der Waals surface area contributed by atoms with Crippen LogP contribution in [0.2, 0.25) is 0 Å². The van der Waals surface area contributed by atoms with Crippen LogP contribution >= 0.6 is 0 Å². The van der Waals surface area contributed by atoms with Gasteiger partial charge in [-0.3, -0.25) is 0 Å². The van der Waals surface area contributed by atoms with E-state index in [0.717, 1.165) is 16.7 Å². The molecule has 140 valence electrons. The number of aryl methyl sites for hydroxylation is 1. The highest BCUT2D eigenvalue weighted by Crippen LogP contribution is 2.33. The van der Waals surface area contributed by atoms with Crippen molar-refractivity contribution >= 4 is 11.0 Å². The van der Waals surface area contributed by atoms with E-state index in [1.54, 1.807) is 6.92 Å². The van der Waals surface area contributed by atoms with Crippen molar-refractivity contribution in [3.05, 3.63) is 41.9 Å². The Labute approximate surface area is 150 Å². The number of benzene rings is 1. The summed E-state index contributed by atoms with van der Waals surface area (Å²) in [6, 6.07) is 6.17. The molecule has 2 unspecified atom stereocenters. The van der Waals surface area contributed by atoms with Gasteiger partial charge in [0.05, 0.1) is 6.54 Å². The Bertz CT molecular complexity index is 833. The third-order valence-corrected chi connectivity index (χ3v) is 4.79. The highest BCUT2D eigenvalue weighted by molar-refractivity contribution is 5.79. The van der Waals surface area contributed by atoms with Crippen LogP contribution in [-0.4, -0.2) is 42.8 Å². The van der Waals surface area contributed by atoms with E-state index in [-0.39, 0.29) is 19.2 Å². The van der Waals surface area contributed by atoms with E-state index in [9.17, 15) is 8.78 Å². The van der Waals surface area contributed by atoms with E-state index in [1.807, 2.05) is 37.3 Å². The molecule has 1 N–H and O–H groups in total. The molecular weight excluding hydrogens is 342 g/mol. The number of rotatable bonds is 4. The predicted molar refractivity (Wildman–Crippen MR) is 93.1 cm³/mol. The maximum absolute atomic E-state index is 14.3. The van der Waals surface area contributed by atoms with E-state index in [1.165, 1.54) is 5.06 Å². The van der Waals surface area contributed by atoms with Gasteiger partial charge < -0.3 is 19.3 Å². The molecule has 0 radical (unpaired) electrons. The predicted octanol–water partition coefficient (Wildman–Crippen LogP) is 3.64. The Hall–Kier alpha value is -2.12. The fourth-order valence-electron chi connectivity index (χ4n) is 3.59. The first-order valence-electron chi connectivity index (χ1n) is 8.79. The number of hydroxylamine groups is 2. The van der Waals surface area contributed by atoms with Gasteiger partial charge in [-0.1, -0.05) is 0 Å². The van der Waals surface area contributed by atoms with Crippen molar-refractivity contribution in [1.82, 2.24) is 10.4 Å². The molecule has 4 rings (SSSR count). The van der Waals surface area contributed by atoms with Crippen LogP contribution < -0.4 is 10.1 Å². The first kappa shape index (κ1) is 17.3. The van der Waals surface area contributed by atoms with Gasteiger partial charge in [0.2, 0.25) is 0 Å². The van der Waals surface area contributed by atoms with Crippen LogP contribution in [0.1, 0.15) is 19.1 Å². The minimum absolute atomic E-state index is 0.236. The molecule has 2 aromatic rings. The molecule has 5 nitrogen and oxygen atoms in total. The Kier molecular flexibility index (Phi) is 4.36. The third-order valence-electron chi connectivity index (χ3n) is 4.79. The summed E-state index contributed by atoms with van der Waals surface area (Å²) < 4.78 is 40.0. The Balaban J connectivity index is 1.48. The number of hydrogen-bond donors (Lipinski definition) is 1. The van der Waals surface area contributed by atoms with Crippen LogP contribution in [0.25, 0.3) is 11.0 Å². The van der Waals surface area contributed by atoms with Gasteiger partial charge in [0.15, 0.2) is 0 Å². The zero-order valence-electron chi connectivity index (χ0n) is 14.8. The lowest BCUT2D eigenvalue weighted by Gasteiger charge is -2.39. The van der Waals surface area contributed by atoms with Gasteiger partial charge in [-0.05, 0) is 57.2 Å². The van der Waals surface area contributed by atoms with Crippen molar-refractivity contribution in [2.45, 2.75) is 38.3 Å². The summed E-state index contributed by atoms with van der Waals surface area (Å²) in [6.45, 7) is 4.11. The number of hydrogen-bond acceptors (Lipinski definition) is 5. The molecule has 2 aliphatic heterocycles. The van der Waals surface area contributed by atoms with Crippen LogP contribution in [0, 0.1) is 6.92 Å². The van der Waals surface area contributed by atoms with Gasteiger partial charge in [0.1, 0.15) is 41.5 Å². The van der Waals surface area contributed by atoms with Crippen molar-refractivity contribution < 1.29 is 22.8 Å². The highest BCUT2D eigenvalue weighted by Gasteiger charge is 2.49. The van der Waals surface area contributed by atoms with Crippen LogP contribution in [-0.2, 0) is 4.84 Å². The number of alkyl halides is 2. The molecular formula is C19H22F2N2O3. The molecule has 1 aromatic heterocycles. The monoisotopic (exact) mass is 364 g/mol. The first-order chi connectivity index (χ1) is 12.4. The van der Waals surface area contributed by atoms with Gasteiger partial charge >= 0.3 is 0 Å². The maximum Gasteiger partial charge on any atom is 0.278 e. The van der Waals surface area contributed by atoms with E-state index in [2.05, 4.69) is 5.32 Å². The molecule has 3 heterocycles. The second-order valence-corrected chi connectivity index (χ2v) is 6.91. The number of fused-ring (bicyclic) bond motifs is 1. The summed E-state index contributed by atoms with van der Waals surface area (Å²) in [5, 5.41) is 5.10. The SMILES string of the molecule is CC1=CC(COc2ccc3oc(C)cc3c2)N(C2CCNCC2(F)F)O1. The lowest BCUT2D eigenvalue weighted by molar-refractivity contribution is -0.222. The molecule has 0 aliphatic carbocycles. The van der Waals surface area contributed by atoms with Crippen molar-refractivity contribution in [3.63, 3.8) is 0 Å². The van der Waals surface area contributed by atoms with Crippen molar-refractivity contribution in [2.75, 3.05) is 19.7 Å². The number of nitrogens with one attached hydrogen (secondary N) is 1. The molecule has 1 aromatic carbocycles. The second-order valence-electron chi connectivity index (χ2n) is 6.91. The largest absolute Gasteiger partial charge is 0.491 e. The number of piperidine rings is 1. The average Bonchev–Trinajstić information content (AvgIpc) is 3.13. The molecule has 26 heavy (non-hydrogen) atoms. The van der Waals surface area contributed by atoms with Gasteiger partial charge in [-0.2, -0.15) is 0 Å². The molecule has 0 spiro atoms. The van der Waals surface area contributed by atoms with E-state index >= 15 is 0 Å². The summed E-state index contributed by atoms with van der Waals surface area (Å²) in [4.78, 5) is 5.60. The number of halogens is 2. The number of nitrogens with zero attached hydrogens (tertiary/aromatic N) is 1. The summed E-state index contributed by atoms with van der Waals surface area (Å²) in [6.07, 6.45) is 2.16. The minimum Gasteiger partial charge on any atom is -0.491 e. The number of furan rings is 1. The number of ether oxygens (including phenoxy) is 1. The second kappa shape index (κ2) is 6.55. The molecule has 0 amide bonds. The topological polar surface area (TPSA) is 46.9 Å². The van der Waals surface area contributed by atoms with E-state index in [0.29, 0.717) is 24.5 Å². The van der Waals surface area contributed by atoms with Gasteiger partial charge in [0.25, 0.3) is 5.92 Å². The van der Waals surface area contributed by atoms with Gasteiger partial charge in [0, 0.05) is 5.39 Å². The molecule has 0 bridgehead atoms. The van der Waals surface area contributed by atoms with Crippen LogP contribution in [0.15, 0.2) is 40.5 Å². The van der Waals surface area contributed by atoms with E-state index in [4.69, 9.17) is 14.0 Å². The first-order valence-corrected chi connectivity index (χ1v) is 8.79. The van der Waals surface area contributed by atoms with Crippen molar-refractivity contribution in [2.24, 2.45) is 0 Å². The molecule has 7 heteroatoms. The van der Waals surface area contributed by atoms with Gasteiger partial charge in [-0.25, -0.2) is 8.78 Å². The lowest BCUT2D eigenvalue weighted by Crippen LogP contribution is -2.58. The van der Waals surface area contributed by atoms with Crippen LogP contribution in [0.4, 0.5) is 8.78 Å². The molecule has 2 atom stereocenters. The van der Waals surface area contributed by atoms with Crippen molar-refractivity contribution in [1.29, 1.82) is 0 Å². The minimum atomic E-state index is -2.85. The van der Waals surface area contributed by atoms with E-state index < -0.39 is 12.0 Å². The lowest BCUT2D eigenvalue weighted by atomic mass is 10.0. The van der Waals surface area contributed by atoms with Crippen LogP contribution in [0.3, 0.4) is 0 Å². The Morgan fingerprint density at radius 2 is 2.15 bits per heavy atom. The maximum atomic E-state index is 14.3. The quantitative estimate of drug-likeness (QED) is 0.898. The zero-order chi connectivity index (χ0) is 18.3. The number of allylic oxidation sites excluding steroid dienone is 1. The highest BCUT2D eigenvalue weighted by atomic mass is 19.3. The Morgan fingerprint density at radius 3 is 2.96 bits per heavy atom. The molecule has 1 fully saturated rings. The average molecular weight is 364 g/mol. The van der Waals surface area contributed by atoms with Crippen molar-refractivity contribution in [3.8, 4) is 5.75 Å². The smallest absolute Gasteiger partial charge is 0.278 e. The molecule has 1 saturated heterocycles. The summed E-state index contributed by atoms with van der Waals surface area (Å²) in [5.41, 5.74) is 0.797. The fourth-order valence-corrected chi connectivity index (χ4v) is 3.59. The fraction of sp³-hybridized carbons (Fsp3) is 0.474. The van der Waals surface area contributed by atoms with Gasteiger partial charge in [-0.15, -0.1) is 5.06 Å². The third kappa shape index (κ3) is 3.29. The normalized spacial score (nSPS) is 25.9.